The lowest BCUT2D eigenvalue weighted by Gasteiger charge is -2.20. The first-order valence-corrected chi connectivity index (χ1v) is 12.5. The fourth-order valence-electron chi connectivity index (χ4n) is 1.81. The summed E-state index contributed by atoms with van der Waals surface area (Å²) in [6.07, 6.45) is 11.9. The predicted molar refractivity (Wildman–Crippen MR) is 83.2 cm³/mol. The summed E-state index contributed by atoms with van der Waals surface area (Å²) in [4.78, 5) is 0. The summed E-state index contributed by atoms with van der Waals surface area (Å²) in [7, 11) is -1.98. The Morgan fingerprint density at radius 1 is 1.00 bits per heavy atom. The lowest BCUT2D eigenvalue weighted by molar-refractivity contribution is 0.587. The molecule has 0 aliphatic heterocycles. The average Bonchev–Trinajstić information content (AvgIpc) is 2.19. The van der Waals surface area contributed by atoms with Gasteiger partial charge in [-0.15, -0.1) is 0 Å². The largest absolute Gasteiger partial charge is 0.453 e. The van der Waals surface area contributed by atoms with Crippen LogP contribution in [0.4, 0.5) is 0 Å². The quantitative estimate of drug-likeness (QED) is 0.387. The molecule has 0 fully saturated rings. The van der Waals surface area contributed by atoms with E-state index in [1.807, 2.05) is 0 Å². The highest BCUT2D eigenvalue weighted by atomic mass is 28.4. The summed E-state index contributed by atoms with van der Waals surface area (Å²) in [6.45, 7) is 11.3. The SMILES string of the molecule is CCCCCCCCC=C[Si](C)O[Si](C)(C)C. The summed E-state index contributed by atoms with van der Waals surface area (Å²) < 4.78 is 6.05. The van der Waals surface area contributed by atoms with E-state index in [-0.39, 0.29) is 0 Å². The lowest BCUT2D eigenvalue weighted by Crippen LogP contribution is -2.32. The van der Waals surface area contributed by atoms with Crippen LogP contribution in [0.3, 0.4) is 0 Å². The van der Waals surface area contributed by atoms with Gasteiger partial charge in [-0.25, -0.2) is 0 Å². The maximum Gasteiger partial charge on any atom is 0.223 e. The standard InChI is InChI=1S/C14H31OSi2/c1-6-7-8-9-10-11-12-13-14-16(2)15-17(3,4)5/h13-14H,6-12H2,1-5H3. The van der Waals surface area contributed by atoms with Gasteiger partial charge in [0.05, 0.1) is 0 Å². The highest BCUT2D eigenvalue weighted by Gasteiger charge is 2.17. The molecule has 3 heteroatoms. The van der Waals surface area contributed by atoms with Gasteiger partial charge in [-0.2, -0.15) is 0 Å². The monoisotopic (exact) mass is 271 g/mol. The average molecular weight is 272 g/mol. The minimum atomic E-state index is -1.32. The van der Waals surface area contributed by atoms with E-state index in [4.69, 9.17) is 4.12 Å². The highest BCUT2D eigenvalue weighted by Crippen LogP contribution is 2.09. The molecular formula is C14H31OSi2. The van der Waals surface area contributed by atoms with Crippen LogP contribution < -0.4 is 0 Å². The van der Waals surface area contributed by atoms with Crippen LogP contribution in [0.25, 0.3) is 0 Å². The van der Waals surface area contributed by atoms with E-state index < -0.39 is 17.4 Å². The van der Waals surface area contributed by atoms with Crippen LogP contribution in [-0.4, -0.2) is 17.4 Å². The molecule has 0 atom stereocenters. The second-order valence-electron chi connectivity index (χ2n) is 5.78. The van der Waals surface area contributed by atoms with Crippen LogP contribution in [0.5, 0.6) is 0 Å². The molecule has 0 aromatic carbocycles. The second-order valence-corrected chi connectivity index (χ2v) is 12.4. The summed E-state index contributed by atoms with van der Waals surface area (Å²) >= 11 is 0. The van der Waals surface area contributed by atoms with E-state index in [1.54, 1.807) is 0 Å². The number of rotatable bonds is 10. The van der Waals surface area contributed by atoms with Gasteiger partial charge in [0, 0.05) is 0 Å². The number of allylic oxidation sites excluding steroid dienone is 1. The molecule has 1 nitrogen and oxygen atoms in total. The molecule has 0 aromatic rings. The molecule has 0 rings (SSSR count). The molecule has 101 valence electrons. The van der Waals surface area contributed by atoms with Crippen molar-refractivity contribution in [2.24, 2.45) is 0 Å². The van der Waals surface area contributed by atoms with Crippen LogP contribution in [0, 0.1) is 0 Å². The Kier molecular flexibility index (Phi) is 10.2. The molecule has 0 unspecified atom stereocenters. The maximum absolute atomic E-state index is 6.05. The molecule has 1 radical (unpaired) electrons. The van der Waals surface area contributed by atoms with Crippen molar-refractivity contribution in [1.82, 2.24) is 0 Å². The Morgan fingerprint density at radius 3 is 2.18 bits per heavy atom. The minimum absolute atomic E-state index is 0.667. The zero-order chi connectivity index (χ0) is 13.1. The van der Waals surface area contributed by atoms with Crippen LogP contribution in [0.1, 0.15) is 51.9 Å². The molecule has 0 aliphatic rings. The number of hydrogen-bond donors (Lipinski definition) is 0. The molecule has 0 aliphatic carbocycles. The Hall–Kier alpha value is 0.134. The normalized spacial score (nSPS) is 12.8. The van der Waals surface area contributed by atoms with Gasteiger partial charge in [-0.05, 0) is 39.0 Å². The Balaban J connectivity index is 3.41. The molecule has 17 heavy (non-hydrogen) atoms. The van der Waals surface area contributed by atoms with Crippen molar-refractivity contribution in [3.63, 3.8) is 0 Å². The third kappa shape index (κ3) is 14.1. The number of unbranched alkanes of at least 4 members (excludes halogenated alkanes) is 6. The van der Waals surface area contributed by atoms with Crippen molar-refractivity contribution in [1.29, 1.82) is 0 Å². The molecule has 0 bridgehead atoms. The highest BCUT2D eigenvalue weighted by molar-refractivity contribution is 6.78. The van der Waals surface area contributed by atoms with Gasteiger partial charge >= 0.3 is 0 Å². The van der Waals surface area contributed by atoms with Gasteiger partial charge in [-0.1, -0.05) is 50.8 Å². The summed E-state index contributed by atoms with van der Waals surface area (Å²) in [5, 5.41) is 0. The lowest BCUT2D eigenvalue weighted by atomic mass is 10.1. The van der Waals surface area contributed by atoms with E-state index >= 15 is 0 Å². The smallest absolute Gasteiger partial charge is 0.223 e. The van der Waals surface area contributed by atoms with Crippen molar-refractivity contribution >= 4 is 17.4 Å². The molecular weight excluding hydrogens is 240 g/mol. The topological polar surface area (TPSA) is 9.23 Å². The maximum atomic E-state index is 6.05. The van der Waals surface area contributed by atoms with E-state index in [9.17, 15) is 0 Å². The van der Waals surface area contributed by atoms with E-state index in [0.29, 0.717) is 0 Å². The third-order valence-electron chi connectivity index (χ3n) is 2.54. The summed E-state index contributed by atoms with van der Waals surface area (Å²) in [5.74, 6) is 0. The van der Waals surface area contributed by atoms with Gasteiger partial charge in [0.25, 0.3) is 0 Å². The van der Waals surface area contributed by atoms with E-state index in [0.717, 1.165) is 0 Å². The number of hydrogen-bond acceptors (Lipinski definition) is 1. The van der Waals surface area contributed by atoms with Crippen LogP contribution in [0.2, 0.25) is 26.2 Å². The van der Waals surface area contributed by atoms with Crippen LogP contribution >= 0.6 is 0 Å². The predicted octanol–water partition coefficient (Wildman–Crippen LogP) is 5.31. The molecule has 0 aromatic heterocycles. The van der Waals surface area contributed by atoms with Crippen molar-refractivity contribution in [2.75, 3.05) is 0 Å². The van der Waals surface area contributed by atoms with Crippen molar-refractivity contribution < 1.29 is 4.12 Å². The molecule has 0 heterocycles. The van der Waals surface area contributed by atoms with Crippen molar-refractivity contribution in [2.45, 2.75) is 78.1 Å². The first-order chi connectivity index (χ1) is 7.95. The molecule has 0 N–H and O–H groups in total. The van der Waals surface area contributed by atoms with Gasteiger partial charge in [0.1, 0.15) is 0 Å². The Morgan fingerprint density at radius 2 is 1.59 bits per heavy atom. The fraction of sp³-hybridized carbons (Fsp3) is 0.857. The molecule has 0 amide bonds. The van der Waals surface area contributed by atoms with Gasteiger partial charge < -0.3 is 4.12 Å². The first kappa shape index (κ1) is 17.1. The van der Waals surface area contributed by atoms with Crippen LogP contribution in [-0.2, 0) is 4.12 Å². The third-order valence-corrected chi connectivity index (χ3v) is 6.99. The van der Waals surface area contributed by atoms with E-state index in [1.165, 1.54) is 44.9 Å². The molecule has 0 saturated carbocycles. The zero-order valence-electron chi connectivity index (χ0n) is 12.5. The Bertz CT molecular complexity index is 197. The van der Waals surface area contributed by atoms with Crippen LogP contribution in [0.15, 0.2) is 11.8 Å². The van der Waals surface area contributed by atoms with Crippen molar-refractivity contribution in [3.8, 4) is 0 Å². The molecule has 0 spiro atoms. The van der Waals surface area contributed by atoms with Gasteiger partial charge in [0.15, 0.2) is 8.32 Å². The molecule has 0 saturated heterocycles. The van der Waals surface area contributed by atoms with Crippen molar-refractivity contribution in [3.05, 3.63) is 11.8 Å². The second kappa shape index (κ2) is 10.1. The first-order valence-electron chi connectivity index (χ1n) is 7.15. The summed E-state index contributed by atoms with van der Waals surface area (Å²) in [5.41, 5.74) is 2.33. The zero-order valence-corrected chi connectivity index (χ0v) is 14.5. The Labute approximate surface area is 112 Å². The van der Waals surface area contributed by atoms with Gasteiger partial charge in [-0.3, -0.25) is 0 Å². The van der Waals surface area contributed by atoms with E-state index in [2.05, 4.69) is 44.9 Å². The fourth-order valence-corrected chi connectivity index (χ4v) is 6.44. The minimum Gasteiger partial charge on any atom is -0.453 e. The summed E-state index contributed by atoms with van der Waals surface area (Å²) in [6, 6.07) is 0. The van der Waals surface area contributed by atoms with Gasteiger partial charge in [0.2, 0.25) is 9.04 Å².